The fourth-order valence-corrected chi connectivity index (χ4v) is 2.65. The number of rotatable bonds is 4. The molecule has 0 saturated carbocycles. The predicted octanol–water partition coefficient (Wildman–Crippen LogP) is 2.02. The third-order valence-corrected chi connectivity index (χ3v) is 4.42. The molecule has 1 amide bonds. The second-order valence-electron chi connectivity index (χ2n) is 7.37. The summed E-state index contributed by atoms with van der Waals surface area (Å²) in [4.78, 5) is 14.6. The van der Waals surface area contributed by atoms with Crippen molar-refractivity contribution in [2.75, 3.05) is 13.1 Å². The molecule has 0 spiro atoms. The minimum Gasteiger partial charge on any atom is -0.393 e. The number of hydrogen-bond acceptors (Lipinski definition) is 3. The molecule has 118 valence electrons. The average Bonchev–Trinajstić information content (AvgIpc) is 2.36. The van der Waals surface area contributed by atoms with Gasteiger partial charge in [-0.1, -0.05) is 27.7 Å². The number of aliphatic hydroxyl groups excluding tert-OH is 1. The van der Waals surface area contributed by atoms with Gasteiger partial charge in [-0.2, -0.15) is 0 Å². The van der Waals surface area contributed by atoms with Gasteiger partial charge in [-0.15, -0.1) is 0 Å². The third-order valence-electron chi connectivity index (χ3n) is 4.42. The first-order valence-electron chi connectivity index (χ1n) is 7.88. The SMILES string of the molecule is CCC(C)N1CC(NC(=O)C(C)(C)C)CC(C(C)O)C1. The Bertz CT molecular complexity index is 323. The molecule has 1 aliphatic heterocycles. The second-order valence-corrected chi connectivity index (χ2v) is 7.37. The molecule has 2 N–H and O–H groups in total. The number of nitrogens with zero attached hydrogens (tertiary/aromatic N) is 1. The van der Waals surface area contributed by atoms with Crippen molar-refractivity contribution in [2.45, 2.75) is 72.6 Å². The van der Waals surface area contributed by atoms with Crippen LogP contribution in [0.1, 0.15) is 54.4 Å². The van der Waals surface area contributed by atoms with Crippen molar-refractivity contribution in [3.8, 4) is 0 Å². The lowest BCUT2D eigenvalue weighted by Crippen LogP contribution is -2.56. The highest BCUT2D eigenvalue weighted by molar-refractivity contribution is 5.81. The number of hydrogen-bond donors (Lipinski definition) is 2. The Morgan fingerprint density at radius 1 is 1.35 bits per heavy atom. The lowest BCUT2D eigenvalue weighted by Gasteiger charge is -2.42. The van der Waals surface area contributed by atoms with E-state index < -0.39 is 0 Å². The first kappa shape index (κ1) is 17.4. The van der Waals surface area contributed by atoms with E-state index in [-0.39, 0.29) is 29.4 Å². The van der Waals surface area contributed by atoms with Crippen molar-refractivity contribution >= 4 is 5.91 Å². The van der Waals surface area contributed by atoms with Gasteiger partial charge in [0.05, 0.1) is 6.10 Å². The summed E-state index contributed by atoms with van der Waals surface area (Å²) >= 11 is 0. The van der Waals surface area contributed by atoms with Crippen molar-refractivity contribution in [1.82, 2.24) is 10.2 Å². The number of nitrogens with one attached hydrogen (secondary N) is 1. The molecule has 1 fully saturated rings. The van der Waals surface area contributed by atoms with Gasteiger partial charge >= 0.3 is 0 Å². The summed E-state index contributed by atoms with van der Waals surface area (Å²) in [5.41, 5.74) is -0.362. The zero-order valence-corrected chi connectivity index (χ0v) is 13.9. The standard InChI is InChI=1S/C16H32N2O2/c1-7-11(2)18-9-13(12(3)19)8-14(10-18)17-15(20)16(4,5)6/h11-14,19H,7-10H2,1-6H3,(H,17,20). The lowest BCUT2D eigenvalue weighted by molar-refractivity contribution is -0.130. The highest BCUT2D eigenvalue weighted by Gasteiger charge is 2.33. The summed E-state index contributed by atoms with van der Waals surface area (Å²) in [6, 6.07) is 0.634. The molecule has 1 heterocycles. The van der Waals surface area contributed by atoms with E-state index in [9.17, 15) is 9.90 Å². The van der Waals surface area contributed by atoms with E-state index in [0.717, 1.165) is 25.9 Å². The van der Waals surface area contributed by atoms with E-state index >= 15 is 0 Å². The summed E-state index contributed by atoms with van der Waals surface area (Å²) in [5, 5.41) is 13.1. The van der Waals surface area contributed by atoms with Gasteiger partial charge in [-0.05, 0) is 32.6 Å². The van der Waals surface area contributed by atoms with Crippen molar-refractivity contribution in [3.63, 3.8) is 0 Å². The molecule has 4 heteroatoms. The van der Waals surface area contributed by atoms with Gasteiger partial charge in [0.15, 0.2) is 0 Å². The maximum Gasteiger partial charge on any atom is 0.225 e. The minimum absolute atomic E-state index is 0.0952. The number of piperidine rings is 1. The molecule has 1 saturated heterocycles. The first-order valence-corrected chi connectivity index (χ1v) is 7.88. The molecular weight excluding hydrogens is 252 g/mol. The number of carbonyl (C=O) groups is 1. The van der Waals surface area contributed by atoms with E-state index in [1.165, 1.54) is 0 Å². The van der Waals surface area contributed by atoms with Crippen molar-refractivity contribution in [2.24, 2.45) is 11.3 Å². The zero-order valence-electron chi connectivity index (χ0n) is 13.9. The molecule has 20 heavy (non-hydrogen) atoms. The topological polar surface area (TPSA) is 52.6 Å². The van der Waals surface area contributed by atoms with Crippen LogP contribution < -0.4 is 5.32 Å². The largest absolute Gasteiger partial charge is 0.393 e. The molecule has 1 rings (SSSR count). The summed E-state index contributed by atoms with van der Waals surface area (Å²) < 4.78 is 0. The highest BCUT2D eigenvalue weighted by Crippen LogP contribution is 2.24. The summed E-state index contributed by atoms with van der Waals surface area (Å²) in [6.45, 7) is 13.9. The van der Waals surface area contributed by atoms with Crippen LogP contribution >= 0.6 is 0 Å². The molecule has 4 nitrogen and oxygen atoms in total. The van der Waals surface area contributed by atoms with Gasteiger partial charge in [0, 0.05) is 30.6 Å². The molecule has 4 unspecified atom stereocenters. The van der Waals surface area contributed by atoms with Gasteiger partial charge in [0.25, 0.3) is 0 Å². The van der Waals surface area contributed by atoms with Crippen LogP contribution in [0.2, 0.25) is 0 Å². The van der Waals surface area contributed by atoms with Crippen LogP contribution in [0.5, 0.6) is 0 Å². The predicted molar refractivity (Wildman–Crippen MR) is 82.5 cm³/mol. The molecule has 0 aliphatic carbocycles. The first-order chi connectivity index (χ1) is 9.15. The molecule has 1 aliphatic rings. The monoisotopic (exact) mass is 284 g/mol. The van der Waals surface area contributed by atoms with Gasteiger partial charge in [0.2, 0.25) is 5.91 Å². The molecular formula is C16H32N2O2. The van der Waals surface area contributed by atoms with Gasteiger partial charge in [0.1, 0.15) is 0 Å². The molecule has 0 radical (unpaired) electrons. The highest BCUT2D eigenvalue weighted by atomic mass is 16.3. The Kier molecular flexibility index (Phi) is 6.02. The fourth-order valence-electron chi connectivity index (χ4n) is 2.65. The molecule has 0 aromatic carbocycles. The summed E-state index contributed by atoms with van der Waals surface area (Å²) in [5.74, 6) is 0.334. The normalized spacial score (nSPS) is 27.9. The van der Waals surface area contributed by atoms with Gasteiger partial charge in [-0.25, -0.2) is 0 Å². The summed E-state index contributed by atoms with van der Waals surface area (Å²) in [7, 11) is 0. The average molecular weight is 284 g/mol. The van der Waals surface area contributed by atoms with Gasteiger partial charge < -0.3 is 10.4 Å². The van der Waals surface area contributed by atoms with Crippen LogP contribution in [-0.4, -0.2) is 47.2 Å². The minimum atomic E-state index is -0.362. The quantitative estimate of drug-likeness (QED) is 0.830. The van der Waals surface area contributed by atoms with Crippen LogP contribution in [0, 0.1) is 11.3 Å². The van der Waals surface area contributed by atoms with Gasteiger partial charge in [-0.3, -0.25) is 9.69 Å². The second kappa shape index (κ2) is 6.90. The Labute approximate surface area is 123 Å². The van der Waals surface area contributed by atoms with E-state index in [0.29, 0.717) is 6.04 Å². The van der Waals surface area contributed by atoms with E-state index in [2.05, 4.69) is 24.1 Å². The Morgan fingerprint density at radius 2 is 1.95 bits per heavy atom. The fraction of sp³-hybridized carbons (Fsp3) is 0.938. The zero-order chi connectivity index (χ0) is 15.5. The molecule has 0 aromatic heterocycles. The number of amides is 1. The van der Waals surface area contributed by atoms with Crippen molar-refractivity contribution in [3.05, 3.63) is 0 Å². The van der Waals surface area contributed by atoms with Crippen LogP contribution in [0.15, 0.2) is 0 Å². The van der Waals surface area contributed by atoms with E-state index in [1.54, 1.807) is 0 Å². The van der Waals surface area contributed by atoms with Crippen LogP contribution in [0.3, 0.4) is 0 Å². The molecule has 0 aromatic rings. The number of aliphatic hydroxyl groups is 1. The van der Waals surface area contributed by atoms with Crippen LogP contribution in [0.25, 0.3) is 0 Å². The van der Waals surface area contributed by atoms with Crippen molar-refractivity contribution < 1.29 is 9.90 Å². The smallest absolute Gasteiger partial charge is 0.225 e. The van der Waals surface area contributed by atoms with Crippen molar-refractivity contribution in [1.29, 1.82) is 0 Å². The number of carbonyl (C=O) groups excluding carboxylic acids is 1. The maximum atomic E-state index is 12.2. The van der Waals surface area contributed by atoms with E-state index in [4.69, 9.17) is 0 Å². The lowest BCUT2D eigenvalue weighted by atomic mass is 9.88. The number of likely N-dealkylation sites (tertiary alicyclic amines) is 1. The van der Waals surface area contributed by atoms with Crippen LogP contribution in [-0.2, 0) is 4.79 Å². The Morgan fingerprint density at radius 3 is 2.40 bits per heavy atom. The molecule has 0 bridgehead atoms. The maximum absolute atomic E-state index is 12.2. The van der Waals surface area contributed by atoms with Crippen LogP contribution in [0.4, 0.5) is 0 Å². The van der Waals surface area contributed by atoms with E-state index in [1.807, 2.05) is 27.7 Å². The third kappa shape index (κ3) is 4.74. The Hall–Kier alpha value is -0.610. The Balaban J connectivity index is 2.72. The molecule has 4 atom stereocenters. The summed E-state index contributed by atoms with van der Waals surface area (Å²) in [6.07, 6.45) is 1.63.